The van der Waals surface area contributed by atoms with E-state index in [-0.39, 0.29) is 5.54 Å². The van der Waals surface area contributed by atoms with Crippen LogP contribution in [0.2, 0.25) is 0 Å². The van der Waals surface area contributed by atoms with Crippen LogP contribution in [0.1, 0.15) is 39.5 Å². The van der Waals surface area contributed by atoms with Gasteiger partial charge >= 0.3 is 0 Å². The van der Waals surface area contributed by atoms with Crippen LogP contribution >= 0.6 is 0 Å². The number of rotatable bonds is 1. The van der Waals surface area contributed by atoms with Crippen molar-refractivity contribution < 1.29 is 4.79 Å². The number of hydrogen-bond acceptors (Lipinski definition) is 2. The molecule has 68 valence electrons. The van der Waals surface area contributed by atoms with Crippen molar-refractivity contribution in [1.82, 2.24) is 4.90 Å². The van der Waals surface area contributed by atoms with Gasteiger partial charge in [0.05, 0.1) is 6.54 Å². The van der Waals surface area contributed by atoms with E-state index in [1.165, 1.54) is 12.8 Å². The molecule has 0 unspecified atom stereocenters. The van der Waals surface area contributed by atoms with E-state index in [0.29, 0.717) is 12.3 Å². The topological polar surface area (TPSA) is 20.3 Å². The summed E-state index contributed by atoms with van der Waals surface area (Å²) in [5, 5.41) is 0. The molecular weight excluding hydrogens is 150 g/mol. The molecule has 1 saturated carbocycles. The molecule has 2 fully saturated rings. The Balaban J connectivity index is 2.09. The van der Waals surface area contributed by atoms with Crippen molar-refractivity contribution in [1.29, 1.82) is 0 Å². The summed E-state index contributed by atoms with van der Waals surface area (Å²) >= 11 is 0. The first-order valence-electron chi connectivity index (χ1n) is 4.88. The van der Waals surface area contributed by atoms with E-state index >= 15 is 0 Å². The van der Waals surface area contributed by atoms with Crippen molar-refractivity contribution in [2.45, 2.75) is 51.1 Å². The van der Waals surface area contributed by atoms with Gasteiger partial charge < -0.3 is 0 Å². The molecule has 2 aliphatic rings. The molecule has 1 aliphatic heterocycles. The SMILES string of the molecule is CC1(C)CCC(=O)CN1C1CC1. The van der Waals surface area contributed by atoms with Crippen LogP contribution in [0.3, 0.4) is 0 Å². The molecular formula is C10H17NO. The van der Waals surface area contributed by atoms with Gasteiger partial charge in [0.15, 0.2) is 0 Å². The van der Waals surface area contributed by atoms with Gasteiger partial charge in [0.25, 0.3) is 0 Å². The number of carbonyl (C=O) groups is 1. The number of nitrogens with zero attached hydrogens (tertiary/aromatic N) is 1. The smallest absolute Gasteiger partial charge is 0.146 e. The molecule has 0 spiro atoms. The third-order valence-corrected chi connectivity index (χ3v) is 3.13. The summed E-state index contributed by atoms with van der Waals surface area (Å²) in [4.78, 5) is 13.7. The maximum Gasteiger partial charge on any atom is 0.146 e. The summed E-state index contributed by atoms with van der Waals surface area (Å²) in [6, 6.07) is 0.726. The Kier molecular flexibility index (Phi) is 1.76. The van der Waals surface area contributed by atoms with E-state index in [9.17, 15) is 4.79 Å². The molecule has 1 heterocycles. The summed E-state index contributed by atoms with van der Waals surface area (Å²) in [6.45, 7) is 5.23. The Morgan fingerprint density at radius 1 is 1.42 bits per heavy atom. The first-order valence-corrected chi connectivity index (χ1v) is 4.88. The van der Waals surface area contributed by atoms with Gasteiger partial charge in [-0.15, -0.1) is 0 Å². The number of likely N-dealkylation sites (tertiary alicyclic amines) is 1. The second-order valence-electron chi connectivity index (χ2n) is 4.71. The standard InChI is InChI=1S/C10H17NO/c1-10(2)6-5-9(12)7-11(10)8-3-4-8/h8H,3-7H2,1-2H3. The molecule has 0 aromatic carbocycles. The van der Waals surface area contributed by atoms with Gasteiger partial charge in [-0.3, -0.25) is 9.69 Å². The Morgan fingerprint density at radius 3 is 2.67 bits per heavy atom. The molecule has 0 aromatic heterocycles. The summed E-state index contributed by atoms with van der Waals surface area (Å²) in [7, 11) is 0. The van der Waals surface area contributed by atoms with E-state index in [0.717, 1.165) is 18.9 Å². The zero-order chi connectivity index (χ0) is 8.77. The van der Waals surface area contributed by atoms with Gasteiger partial charge in [0.2, 0.25) is 0 Å². The van der Waals surface area contributed by atoms with E-state index in [2.05, 4.69) is 18.7 Å². The van der Waals surface area contributed by atoms with Gasteiger partial charge in [0.1, 0.15) is 5.78 Å². The third-order valence-electron chi connectivity index (χ3n) is 3.13. The molecule has 0 radical (unpaired) electrons. The largest absolute Gasteiger partial charge is 0.298 e. The molecule has 0 N–H and O–H groups in total. The zero-order valence-corrected chi connectivity index (χ0v) is 7.97. The van der Waals surface area contributed by atoms with Gasteiger partial charge in [0, 0.05) is 18.0 Å². The second-order valence-corrected chi connectivity index (χ2v) is 4.71. The highest BCUT2D eigenvalue weighted by Crippen LogP contribution is 2.36. The Bertz CT molecular complexity index is 206. The van der Waals surface area contributed by atoms with Crippen LogP contribution in [0.4, 0.5) is 0 Å². The van der Waals surface area contributed by atoms with Gasteiger partial charge in [-0.1, -0.05) is 0 Å². The monoisotopic (exact) mass is 167 g/mol. The predicted octanol–water partition coefficient (Wildman–Crippen LogP) is 1.59. The molecule has 0 amide bonds. The van der Waals surface area contributed by atoms with Crippen LogP contribution in [0.15, 0.2) is 0 Å². The number of piperidine rings is 1. The van der Waals surface area contributed by atoms with Gasteiger partial charge in [-0.05, 0) is 33.1 Å². The summed E-state index contributed by atoms with van der Waals surface area (Å²) in [6.07, 6.45) is 4.44. The lowest BCUT2D eigenvalue weighted by Crippen LogP contribution is -2.51. The van der Waals surface area contributed by atoms with E-state index < -0.39 is 0 Å². The Labute approximate surface area is 73.9 Å². The third kappa shape index (κ3) is 1.40. The van der Waals surface area contributed by atoms with Crippen LogP contribution in [-0.2, 0) is 4.79 Å². The predicted molar refractivity (Wildman–Crippen MR) is 48.0 cm³/mol. The first-order chi connectivity index (χ1) is 5.59. The number of Topliss-reactive ketones (excluding diaryl/α,β-unsaturated/α-hetero) is 1. The lowest BCUT2D eigenvalue weighted by molar-refractivity contribution is -0.126. The maximum atomic E-state index is 11.3. The summed E-state index contributed by atoms with van der Waals surface area (Å²) in [5.41, 5.74) is 0.273. The second kappa shape index (κ2) is 2.56. The van der Waals surface area contributed by atoms with Gasteiger partial charge in [-0.25, -0.2) is 0 Å². The summed E-state index contributed by atoms with van der Waals surface area (Å²) in [5.74, 6) is 0.432. The van der Waals surface area contributed by atoms with Crippen molar-refractivity contribution >= 4 is 5.78 Å². The number of carbonyl (C=O) groups excluding carboxylic acids is 1. The number of hydrogen-bond donors (Lipinski definition) is 0. The fraction of sp³-hybridized carbons (Fsp3) is 0.900. The molecule has 2 heteroatoms. The van der Waals surface area contributed by atoms with Crippen LogP contribution in [0, 0.1) is 0 Å². The molecule has 2 nitrogen and oxygen atoms in total. The molecule has 12 heavy (non-hydrogen) atoms. The molecule has 1 aliphatic carbocycles. The van der Waals surface area contributed by atoms with Crippen molar-refractivity contribution in [2.24, 2.45) is 0 Å². The summed E-state index contributed by atoms with van der Waals surface area (Å²) < 4.78 is 0. The van der Waals surface area contributed by atoms with Crippen LogP contribution in [0.5, 0.6) is 0 Å². The van der Waals surface area contributed by atoms with Crippen LogP contribution in [0.25, 0.3) is 0 Å². The minimum Gasteiger partial charge on any atom is -0.298 e. The van der Waals surface area contributed by atoms with E-state index in [4.69, 9.17) is 0 Å². The minimum atomic E-state index is 0.273. The average molecular weight is 167 g/mol. The van der Waals surface area contributed by atoms with E-state index in [1.54, 1.807) is 0 Å². The van der Waals surface area contributed by atoms with Gasteiger partial charge in [-0.2, -0.15) is 0 Å². The molecule has 0 aromatic rings. The maximum absolute atomic E-state index is 11.3. The highest BCUT2D eigenvalue weighted by atomic mass is 16.1. The fourth-order valence-corrected chi connectivity index (χ4v) is 2.08. The zero-order valence-electron chi connectivity index (χ0n) is 7.97. The quantitative estimate of drug-likeness (QED) is 0.591. The van der Waals surface area contributed by atoms with Crippen LogP contribution < -0.4 is 0 Å². The molecule has 2 rings (SSSR count). The van der Waals surface area contributed by atoms with Crippen molar-refractivity contribution in [3.63, 3.8) is 0 Å². The van der Waals surface area contributed by atoms with Crippen molar-refractivity contribution in [3.8, 4) is 0 Å². The lowest BCUT2D eigenvalue weighted by atomic mass is 9.90. The highest BCUT2D eigenvalue weighted by molar-refractivity contribution is 5.81. The average Bonchev–Trinajstić information content (AvgIpc) is 2.77. The van der Waals surface area contributed by atoms with Crippen LogP contribution in [-0.4, -0.2) is 28.8 Å². The Morgan fingerprint density at radius 2 is 2.08 bits per heavy atom. The number of ketones is 1. The highest BCUT2D eigenvalue weighted by Gasteiger charge is 2.41. The van der Waals surface area contributed by atoms with E-state index in [1.807, 2.05) is 0 Å². The molecule has 1 saturated heterocycles. The molecule has 0 atom stereocenters. The minimum absolute atomic E-state index is 0.273. The Hall–Kier alpha value is -0.370. The molecule has 0 bridgehead atoms. The van der Waals surface area contributed by atoms with Crippen molar-refractivity contribution in [2.75, 3.05) is 6.54 Å². The normalized spacial score (nSPS) is 30.7. The first kappa shape index (κ1) is 8.24. The fourth-order valence-electron chi connectivity index (χ4n) is 2.08. The van der Waals surface area contributed by atoms with Crippen molar-refractivity contribution in [3.05, 3.63) is 0 Å². The lowest BCUT2D eigenvalue weighted by Gasteiger charge is -2.42.